The first-order chi connectivity index (χ1) is 8.22. The Labute approximate surface area is 102 Å². The number of rotatable bonds is 1. The van der Waals surface area contributed by atoms with E-state index in [2.05, 4.69) is 9.98 Å². The molecule has 0 amide bonds. The molecule has 3 nitrogen and oxygen atoms in total. The molecule has 0 aromatic carbocycles. The largest absolute Gasteiger partial charge is 0.433 e. The van der Waals surface area contributed by atoms with Crippen LogP contribution in [0.1, 0.15) is 25.1 Å². The zero-order valence-electron chi connectivity index (χ0n) is 9.92. The van der Waals surface area contributed by atoms with Crippen LogP contribution in [0.25, 0.3) is 5.70 Å². The van der Waals surface area contributed by atoms with E-state index in [1.165, 1.54) is 12.3 Å². The molecule has 1 aromatic heterocycles. The Bertz CT molecular complexity index is 542. The maximum Gasteiger partial charge on any atom is 0.433 e. The normalized spacial score (nSPS) is 23.9. The van der Waals surface area contributed by atoms with Crippen molar-refractivity contribution in [2.45, 2.75) is 25.6 Å². The maximum absolute atomic E-state index is 12.6. The van der Waals surface area contributed by atoms with E-state index in [1.54, 1.807) is 13.8 Å². The fraction of sp³-hybridized carbons (Fsp3) is 0.333. The number of nitrogens with zero attached hydrogens (tertiary/aromatic N) is 2. The number of alkyl halides is 3. The first-order valence-corrected chi connectivity index (χ1v) is 5.31. The zero-order chi connectivity index (χ0) is 13.6. The molecule has 18 heavy (non-hydrogen) atoms. The van der Waals surface area contributed by atoms with Crippen molar-refractivity contribution < 1.29 is 13.2 Å². The molecule has 2 heterocycles. The molecule has 0 saturated carbocycles. The van der Waals surface area contributed by atoms with Gasteiger partial charge in [0.2, 0.25) is 0 Å². The van der Waals surface area contributed by atoms with Crippen LogP contribution in [0.15, 0.2) is 28.9 Å². The molecule has 96 valence electrons. The molecule has 1 aromatic rings. The molecule has 0 radical (unpaired) electrons. The van der Waals surface area contributed by atoms with Crippen molar-refractivity contribution in [1.82, 2.24) is 4.98 Å². The van der Waals surface area contributed by atoms with Gasteiger partial charge >= 0.3 is 6.18 Å². The summed E-state index contributed by atoms with van der Waals surface area (Å²) in [7, 11) is 0. The summed E-state index contributed by atoms with van der Waals surface area (Å²) in [4.78, 5) is 7.41. The molecule has 1 aliphatic heterocycles. The fourth-order valence-corrected chi connectivity index (χ4v) is 1.67. The van der Waals surface area contributed by atoms with E-state index in [-0.39, 0.29) is 0 Å². The summed E-state index contributed by atoms with van der Waals surface area (Å²) in [6.07, 6.45) is -1.80. The van der Waals surface area contributed by atoms with Gasteiger partial charge in [-0.15, -0.1) is 0 Å². The third-order valence-electron chi connectivity index (χ3n) is 2.95. The number of hydrogen-bond donors (Lipinski definition) is 1. The van der Waals surface area contributed by atoms with Gasteiger partial charge in [0.05, 0.1) is 11.2 Å². The Kier molecular flexibility index (Phi) is 2.77. The van der Waals surface area contributed by atoms with E-state index in [0.717, 1.165) is 17.8 Å². The molecule has 6 heteroatoms. The summed E-state index contributed by atoms with van der Waals surface area (Å²) in [6, 6.07) is 2.48. The number of halogens is 3. The molecule has 0 saturated heterocycles. The highest BCUT2D eigenvalue weighted by atomic mass is 19.4. The van der Waals surface area contributed by atoms with Gasteiger partial charge in [-0.3, -0.25) is 9.98 Å². The van der Waals surface area contributed by atoms with Gasteiger partial charge in [-0.2, -0.15) is 13.2 Å². The molecule has 1 aliphatic rings. The lowest BCUT2D eigenvalue weighted by Gasteiger charge is -2.16. The number of nitrogens with two attached hydrogens (primary N) is 1. The fourth-order valence-electron chi connectivity index (χ4n) is 1.67. The predicted molar refractivity (Wildman–Crippen MR) is 62.9 cm³/mol. The van der Waals surface area contributed by atoms with Crippen molar-refractivity contribution in [2.24, 2.45) is 10.7 Å². The van der Waals surface area contributed by atoms with E-state index in [9.17, 15) is 13.2 Å². The van der Waals surface area contributed by atoms with Crippen LogP contribution < -0.4 is 5.73 Å². The summed E-state index contributed by atoms with van der Waals surface area (Å²) in [6.45, 7) is 3.51. The molecule has 1 atom stereocenters. The summed E-state index contributed by atoms with van der Waals surface area (Å²) >= 11 is 0. The lowest BCUT2D eigenvalue weighted by molar-refractivity contribution is -0.141. The van der Waals surface area contributed by atoms with Gasteiger partial charge in [0.1, 0.15) is 5.69 Å². The molecule has 0 bridgehead atoms. The van der Waals surface area contributed by atoms with Crippen LogP contribution in [-0.4, -0.2) is 16.7 Å². The van der Waals surface area contributed by atoms with Gasteiger partial charge in [0, 0.05) is 18.0 Å². The predicted octanol–water partition coefficient (Wildman–Crippen LogP) is 2.63. The van der Waals surface area contributed by atoms with E-state index < -0.39 is 17.4 Å². The van der Waals surface area contributed by atoms with Gasteiger partial charge in [0.25, 0.3) is 0 Å². The molecular formula is C12H12F3N3. The number of aromatic nitrogens is 1. The highest BCUT2D eigenvalue weighted by Gasteiger charge is 2.33. The second-order valence-electron chi connectivity index (χ2n) is 4.44. The molecular weight excluding hydrogens is 243 g/mol. The Balaban J connectivity index is 2.49. The maximum atomic E-state index is 12.6. The number of hydrogen-bond acceptors (Lipinski definition) is 3. The minimum Gasteiger partial charge on any atom is -0.317 e. The Morgan fingerprint density at radius 1 is 1.33 bits per heavy atom. The zero-order valence-corrected chi connectivity index (χ0v) is 9.92. The lowest BCUT2D eigenvalue weighted by atomic mass is 9.95. The molecule has 2 N–H and O–H groups in total. The van der Waals surface area contributed by atoms with E-state index in [0.29, 0.717) is 11.3 Å². The van der Waals surface area contributed by atoms with Crippen molar-refractivity contribution >= 4 is 11.9 Å². The van der Waals surface area contributed by atoms with Gasteiger partial charge < -0.3 is 5.73 Å². The van der Waals surface area contributed by atoms with Crippen molar-refractivity contribution in [3.05, 3.63) is 35.2 Å². The van der Waals surface area contributed by atoms with Crippen molar-refractivity contribution in [2.75, 3.05) is 0 Å². The molecule has 0 fully saturated rings. The third kappa shape index (κ3) is 2.15. The van der Waals surface area contributed by atoms with Crippen molar-refractivity contribution in [3.8, 4) is 0 Å². The Hall–Kier alpha value is -1.69. The highest BCUT2D eigenvalue weighted by Crippen LogP contribution is 2.33. The third-order valence-corrected chi connectivity index (χ3v) is 2.95. The minimum atomic E-state index is -4.46. The van der Waals surface area contributed by atoms with Crippen LogP contribution in [0.5, 0.6) is 0 Å². The van der Waals surface area contributed by atoms with Crippen molar-refractivity contribution in [3.63, 3.8) is 0 Å². The van der Waals surface area contributed by atoms with Gasteiger partial charge in [-0.25, -0.2) is 0 Å². The van der Waals surface area contributed by atoms with Gasteiger partial charge in [-0.05, 0) is 31.6 Å². The topological polar surface area (TPSA) is 51.3 Å². The molecule has 0 aliphatic carbocycles. The average molecular weight is 255 g/mol. The standard InChI is InChI=1S/C12H12F3N3/c1-7-10(18-6-11(7,2)16)8-3-4-17-9(5-8)12(13,14)15/h3-6H,16H2,1-2H3. The van der Waals surface area contributed by atoms with Crippen LogP contribution in [0, 0.1) is 0 Å². The van der Waals surface area contributed by atoms with Crippen LogP contribution in [0.2, 0.25) is 0 Å². The monoisotopic (exact) mass is 255 g/mol. The van der Waals surface area contributed by atoms with Crippen LogP contribution in [0.4, 0.5) is 13.2 Å². The molecule has 2 rings (SSSR count). The molecule has 1 unspecified atom stereocenters. The van der Waals surface area contributed by atoms with Crippen LogP contribution >= 0.6 is 0 Å². The van der Waals surface area contributed by atoms with Gasteiger partial charge in [-0.1, -0.05) is 0 Å². The minimum absolute atomic E-state index is 0.375. The van der Waals surface area contributed by atoms with Crippen molar-refractivity contribution in [1.29, 1.82) is 0 Å². The summed E-state index contributed by atoms with van der Waals surface area (Å²) < 4.78 is 37.7. The quantitative estimate of drug-likeness (QED) is 0.838. The number of aliphatic imine (C=N–C) groups is 1. The van der Waals surface area contributed by atoms with E-state index in [4.69, 9.17) is 5.73 Å². The Morgan fingerprint density at radius 3 is 2.50 bits per heavy atom. The first-order valence-electron chi connectivity index (χ1n) is 5.31. The Morgan fingerprint density at radius 2 is 2.00 bits per heavy atom. The second kappa shape index (κ2) is 3.91. The molecule has 0 spiro atoms. The highest BCUT2D eigenvalue weighted by molar-refractivity contribution is 5.91. The van der Waals surface area contributed by atoms with E-state index >= 15 is 0 Å². The van der Waals surface area contributed by atoms with Crippen LogP contribution in [-0.2, 0) is 6.18 Å². The smallest absolute Gasteiger partial charge is 0.317 e. The second-order valence-corrected chi connectivity index (χ2v) is 4.44. The number of pyridine rings is 1. The average Bonchev–Trinajstić information content (AvgIpc) is 2.53. The SMILES string of the molecule is CC1=C(c2ccnc(C(F)(F)F)c2)N=CC1(C)N. The first kappa shape index (κ1) is 12.8. The summed E-state index contributed by atoms with van der Waals surface area (Å²) in [5.41, 5.74) is 5.88. The summed E-state index contributed by atoms with van der Waals surface area (Å²) in [5.74, 6) is 0. The van der Waals surface area contributed by atoms with Gasteiger partial charge in [0.15, 0.2) is 0 Å². The summed E-state index contributed by atoms with van der Waals surface area (Å²) in [5, 5.41) is 0. The lowest BCUT2D eigenvalue weighted by Crippen LogP contribution is -2.37. The van der Waals surface area contributed by atoms with Crippen LogP contribution in [0.3, 0.4) is 0 Å². The van der Waals surface area contributed by atoms with E-state index in [1.807, 2.05) is 0 Å².